The Kier molecular flexibility index (Phi) is 7.04. The van der Waals surface area contributed by atoms with Gasteiger partial charge in [0.05, 0.1) is 6.54 Å². The Balaban J connectivity index is 1.64. The van der Waals surface area contributed by atoms with E-state index in [4.69, 9.17) is 0 Å². The van der Waals surface area contributed by atoms with Gasteiger partial charge < -0.3 is 10.2 Å². The standard InChI is InChI=1S/C24H31N3O2/c1-4-27(5-2)24(29)19-12-8-13-20(16-19)25-23(28)17-26(3)22-15-9-11-18-10-6-7-14-21(18)22/h6-8,10,12-14,16,22H,4-5,9,11,15,17H2,1-3H3,(H,25,28). The number of hydrogen-bond acceptors (Lipinski definition) is 3. The Labute approximate surface area is 173 Å². The second kappa shape index (κ2) is 9.70. The van der Waals surface area contributed by atoms with Gasteiger partial charge in [-0.15, -0.1) is 0 Å². The van der Waals surface area contributed by atoms with Gasteiger partial charge in [-0.3, -0.25) is 14.5 Å². The summed E-state index contributed by atoms with van der Waals surface area (Å²) in [5, 5.41) is 2.95. The Morgan fingerprint density at radius 2 is 1.83 bits per heavy atom. The van der Waals surface area contributed by atoms with Gasteiger partial charge in [0.2, 0.25) is 5.91 Å². The quantitative estimate of drug-likeness (QED) is 0.770. The fourth-order valence-corrected chi connectivity index (χ4v) is 4.15. The predicted octanol–water partition coefficient (Wildman–Crippen LogP) is 4.12. The number of rotatable bonds is 7. The highest BCUT2D eigenvalue weighted by molar-refractivity contribution is 5.97. The molecule has 0 fully saturated rings. The first-order valence-electron chi connectivity index (χ1n) is 10.5. The number of anilines is 1. The molecule has 1 atom stereocenters. The van der Waals surface area contributed by atoms with Gasteiger partial charge in [-0.2, -0.15) is 0 Å². The van der Waals surface area contributed by atoms with Gasteiger partial charge in [0.1, 0.15) is 0 Å². The van der Waals surface area contributed by atoms with Crippen LogP contribution in [0.3, 0.4) is 0 Å². The average molecular weight is 394 g/mol. The average Bonchev–Trinajstić information content (AvgIpc) is 2.74. The maximum absolute atomic E-state index is 12.7. The molecule has 0 saturated carbocycles. The minimum absolute atomic E-state index is 0.0120. The number of amides is 2. The van der Waals surface area contributed by atoms with Crippen molar-refractivity contribution < 1.29 is 9.59 Å². The van der Waals surface area contributed by atoms with Crippen LogP contribution in [0.25, 0.3) is 0 Å². The lowest BCUT2D eigenvalue weighted by atomic mass is 9.87. The maximum Gasteiger partial charge on any atom is 0.253 e. The van der Waals surface area contributed by atoms with Crippen molar-refractivity contribution in [3.8, 4) is 0 Å². The van der Waals surface area contributed by atoms with Gasteiger partial charge >= 0.3 is 0 Å². The number of carbonyl (C=O) groups is 2. The molecule has 2 aromatic carbocycles. The molecule has 5 heteroatoms. The number of nitrogens with zero attached hydrogens (tertiary/aromatic N) is 2. The van der Waals surface area contributed by atoms with E-state index in [0.29, 0.717) is 30.9 Å². The van der Waals surface area contributed by atoms with Crippen molar-refractivity contribution in [3.63, 3.8) is 0 Å². The lowest BCUT2D eigenvalue weighted by Crippen LogP contribution is -2.35. The fourth-order valence-electron chi connectivity index (χ4n) is 4.15. The summed E-state index contributed by atoms with van der Waals surface area (Å²) in [6.07, 6.45) is 3.32. The van der Waals surface area contributed by atoms with Crippen molar-refractivity contribution in [1.82, 2.24) is 9.80 Å². The topological polar surface area (TPSA) is 52.7 Å². The number of aryl methyl sites for hydroxylation is 1. The second-order valence-electron chi connectivity index (χ2n) is 7.63. The third-order valence-electron chi connectivity index (χ3n) is 5.71. The number of fused-ring (bicyclic) bond motifs is 1. The second-order valence-corrected chi connectivity index (χ2v) is 7.63. The summed E-state index contributed by atoms with van der Waals surface area (Å²) in [6.45, 7) is 5.57. The first kappa shape index (κ1) is 21.1. The van der Waals surface area contributed by atoms with Crippen molar-refractivity contribution in [2.45, 2.75) is 39.2 Å². The van der Waals surface area contributed by atoms with Crippen LogP contribution in [-0.4, -0.2) is 48.3 Å². The molecule has 1 N–H and O–H groups in total. The molecule has 0 aliphatic heterocycles. The van der Waals surface area contributed by atoms with E-state index in [1.54, 1.807) is 17.0 Å². The number of likely N-dealkylation sites (N-methyl/N-ethyl adjacent to an activating group) is 1. The number of hydrogen-bond donors (Lipinski definition) is 1. The zero-order valence-electron chi connectivity index (χ0n) is 17.6. The van der Waals surface area contributed by atoms with Crippen LogP contribution < -0.4 is 5.32 Å². The van der Waals surface area contributed by atoms with E-state index >= 15 is 0 Å². The highest BCUT2D eigenvalue weighted by Gasteiger charge is 2.24. The normalized spacial score (nSPS) is 15.7. The van der Waals surface area contributed by atoms with Crippen LogP contribution in [0.5, 0.6) is 0 Å². The molecular weight excluding hydrogens is 362 g/mol. The molecular formula is C24H31N3O2. The molecule has 29 heavy (non-hydrogen) atoms. The maximum atomic E-state index is 12.7. The Bertz CT molecular complexity index is 861. The van der Waals surface area contributed by atoms with Crippen LogP contribution in [-0.2, 0) is 11.2 Å². The third-order valence-corrected chi connectivity index (χ3v) is 5.71. The molecule has 0 spiro atoms. The Morgan fingerprint density at radius 1 is 1.07 bits per heavy atom. The number of carbonyl (C=O) groups excluding carboxylic acids is 2. The molecule has 5 nitrogen and oxygen atoms in total. The summed E-state index contributed by atoms with van der Waals surface area (Å²) < 4.78 is 0. The van der Waals surface area contributed by atoms with Crippen LogP contribution in [0.2, 0.25) is 0 Å². The van der Waals surface area contributed by atoms with E-state index in [1.165, 1.54) is 11.1 Å². The number of nitrogens with one attached hydrogen (secondary N) is 1. The van der Waals surface area contributed by atoms with Crippen LogP contribution in [0, 0.1) is 0 Å². The first-order valence-corrected chi connectivity index (χ1v) is 10.5. The van der Waals surface area contributed by atoms with E-state index in [1.807, 2.05) is 33.0 Å². The molecule has 0 aromatic heterocycles. The van der Waals surface area contributed by atoms with Crippen molar-refractivity contribution in [1.29, 1.82) is 0 Å². The van der Waals surface area contributed by atoms with Crippen LogP contribution in [0.4, 0.5) is 5.69 Å². The molecule has 3 rings (SSSR count). The highest BCUT2D eigenvalue weighted by Crippen LogP contribution is 2.33. The van der Waals surface area contributed by atoms with Gasteiger partial charge in [0, 0.05) is 30.4 Å². The molecule has 2 amide bonds. The van der Waals surface area contributed by atoms with E-state index in [-0.39, 0.29) is 17.9 Å². The third kappa shape index (κ3) is 5.04. The summed E-state index contributed by atoms with van der Waals surface area (Å²) in [6, 6.07) is 16.0. The summed E-state index contributed by atoms with van der Waals surface area (Å²) in [5.41, 5.74) is 3.98. The Hall–Kier alpha value is -2.66. The molecule has 0 bridgehead atoms. The van der Waals surface area contributed by atoms with Crippen LogP contribution in [0.1, 0.15) is 54.2 Å². The molecule has 0 heterocycles. The molecule has 1 unspecified atom stereocenters. The van der Waals surface area contributed by atoms with E-state index < -0.39 is 0 Å². The SMILES string of the molecule is CCN(CC)C(=O)c1cccc(NC(=O)CN(C)C2CCCc3ccccc32)c1. The van der Waals surface area contributed by atoms with Crippen LogP contribution in [0.15, 0.2) is 48.5 Å². The molecule has 2 aromatic rings. The van der Waals surface area contributed by atoms with E-state index in [9.17, 15) is 9.59 Å². The van der Waals surface area contributed by atoms with Crippen molar-refractivity contribution in [2.75, 3.05) is 32.0 Å². The number of benzene rings is 2. The zero-order valence-corrected chi connectivity index (χ0v) is 17.6. The van der Waals surface area contributed by atoms with Crippen molar-refractivity contribution in [2.24, 2.45) is 0 Å². The van der Waals surface area contributed by atoms with Gasteiger partial charge in [-0.05, 0) is 69.5 Å². The smallest absolute Gasteiger partial charge is 0.253 e. The molecule has 0 saturated heterocycles. The van der Waals surface area contributed by atoms with E-state index in [0.717, 1.165) is 19.3 Å². The minimum Gasteiger partial charge on any atom is -0.339 e. The summed E-state index contributed by atoms with van der Waals surface area (Å²) >= 11 is 0. The summed E-state index contributed by atoms with van der Waals surface area (Å²) in [5.74, 6) is -0.0787. The molecule has 0 radical (unpaired) electrons. The van der Waals surface area contributed by atoms with E-state index in [2.05, 4.69) is 34.5 Å². The van der Waals surface area contributed by atoms with Crippen LogP contribution >= 0.6 is 0 Å². The van der Waals surface area contributed by atoms with Crippen molar-refractivity contribution >= 4 is 17.5 Å². The highest BCUT2D eigenvalue weighted by atomic mass is 16.2. The lowest BCUT2D eigenvalue weighted by molar-refractivity contribution is -0.117. The molecule has 1 aliphatic rings. The van der Waals surface area contributed by atoms with Gasteiger partial charge in [-0.1, -0.05) is 30.3 Å². The van der Waals surface area contributed by atoms with Gasteiger partial charge in [0.15, 0.2) is 0 Å². The van der Waals surface area contributed by atoms with Gasteiger partial charge in [0.25, 0.3) is 5.91 Å². The molecule has 1 aliphatic carbocycles. The largest absolute Gasteiger partial charge is 0.339 e. The lowest BCUT2D eigenvalue weighted by Gasteiger charge is -2.32. The first-order chi connectivity index (χ1) is 14.0. The molecule has 154 valence electrons. The van der Waals surface area contributed by atoms with Crippen molar-refractivity contribution in [3.05, 3.63) is 65.2 Å². The Morgan fingerprint density at radius 3 is 2.59 bits per heavy atom. The summed E-state index contributed by atoms with van der Waals surface area (Å²) in [7, 11) is 2.01. The van der Waals surface area contributed by atoms with Gasteiger partial charge in [-0.25, -0.2) is 0 Å². The predicted molar refractivity (Wildman–Crippen MR) is 117 cm³/mol. The minimum atomic E-state index is -0.0667. The fraction of sp³-hybridized carbons (Fsp3) is 0.417. The monoisotopic (exact) mass is 393 g/mol. The zero-order chi connectivity index (χ0) is 20.8. The summed E-state index contributed by atoms with van der Waals surface area (Å²) in [4.78, 5) is 29.1.